The van der Waals surface area contributed by atoms with Crippen LogP contribution in [0.25, 0.3) is 0 Å². The molecular formula is C19H18FNO3. The van der Waals surface area contributed by atoms with E-state index in [4.69, 9.17) is 9.47 Å². The molecule has 1 saturated heterocycles. The highest BCUT2D eigenvalue weighted by atomic mass is 19.1. The van der Waals surface area contributed by atoms with E-state index in [0.717, 1.165) is 5.56 Å². The van der Waals surface area contributed by atoms with Crippen molar-refractivity contribution in [3.05, 3.63) is 53.3 Å². The van der Waals surface area contributed by atoms with Gasteiger partial charge in [0.1, 0.15) is 17.3 Å². The van der Waals surface area contributed by atoms with Crippen LogP contribution in [0.3, 0.4) is 0 Å². The average Bonchev–Trinajstić information content (AvgIpc) is 3.13. The number of benzene rings is 2. The fourth-order valence-corrected chi connectivity index (χ4v) is 3.90. The van der Waals surface area contributed by atoms with Gasteiger partial charge in [-0.25, -0.2) is 4.39 Å². The quantitative estimate of drug-likeness (QED) is 0.868. The zero-order valence-electron chi connectivity index (χ0n) is 13.6. The molecule has 0 unspecified atom stereocenters. The Hall–Kier alpha value is -2.56. The molecule has 1 amide bonds. The van der Waals surface area contributed by atoms with Gasteiger partial charge in [0.05, 0.1) is 19.9 Å². The maximum absolute atomic E-state index is 14.1. The Morgan fingerprint density at radius 3 is 2.46 bits per heavy atom. The first kappa shape index (κ1) is 15.0. The Kier molecular flexibility index (Phi) is 3.44. The maximum Gasteiger partial charge on any atom is 0.227 e. The van der Waals surface area contributed by atoms with Crippen LogP contribution < -0.4 is 14.4 Å². The van der Waals surface area contributed by atoms with Crippen molar-refractivity contribution in [3.8, 4) is 11.5 Å². The summed E-state index contributed by atoms with van der Waals surface area (Å²) < 4.78 is 24.8. The first-order valence-electron chi connectivity index (χ1n) is 7.94. The van der Waals surface area contributed by atoms with Crippen molar-refractivity contribution < 1.29 is 18.7 Å². The van der Waals surface area contributed by atoms with Gasteiger partial charge in [-0.15, -0.1) is 0 Å². The van der Waals surface area contributed by atoms with Gasteiger partial charge in [-0.3, -0.25) is 4.79 Å². The van der Waals surface area contributed by atoms with Crippen molar-refractivity contribution in [2.45, 2.75) is 24.8 Å². The van der Waals surface area contributed by atoms with Gasteiger partial charge in [-0.1, -0.05) is 6.07 Å². The second-order valence-electron chi connectivity index (χ2n) is 6.23. The van der Waals surface area contributed by atoms with Gasteiger partial charge in [0, 0.05) is 30.0 Å². The van der Waals surface area contributed by atoms with E-state index in [1.165, 1.54) is 6.07 Å². The smallest absolute Gasteiger partial charge is 0.227 e. The summed E-state index contributed by atoms with van der Waals surface area (Å²) in [5.74, 6) is 1.18. The fourth-order valence-electron chi connectivity index (χ4n) is 3.90. The van der Waals surface area contributed by atoms with Crippen LogP contribution in [0.1, 0.15) is 23.5 Å². The number of halogens is 1. The first-order chi connectivity index (χ1) is 11.6. The number of hydrogen-bond acceptors (Lipinski definition) is 3. The second kappa shape index (κ2) is 5.51. The van der Waals surface area contributed by atoms with E-state index in [-0.39, 0.29) is 23.7 Å². The molecule has 0 saturated carbocycles. The van der Waals surface area contributed by atoms with Crippen molar-refractivity contribution in [3.63, 3.8) is 0 Å². The number of carbonyl (C=O) groups excluding carboxylic acids is 1. The second-order valence-corrected chi connectivity index (χ2v) is 6.23. The van der Waals surface area contributed by atoms with E-state index in [1.807, 2.05) is 18.2 Å². The Morgan fingerprint density at radius 2 is 1.79 bits per heavy atom. The van der Waals surface area contributed by atoms with Crippen LogP contribution in [-0.4, -0.2) is 26.2 Å². The summed E-state index contributed by atoms with van der Waals surface area (Å²) in [7, 11) is 3.21. The number of hydrogen-bond donors (Lipinski definition) is 0. The molecule has 5 heteroatoms. The van der Waals surface area contributed by atoms with Gasteiger partial charge >= 0.3 is 0 Å². The van der Waals surface area contributed by atoms with E-state index < -0.39 is 0 Å². The minimum atomic E-state index is -0.239. The molecule has 2 aromatic rings. The van der Waals surface area contributed by atoms with E-state index in [0.29, 0.717) is 35.6 Å². The predicted molar refractivity (Wildman–Crippen MR) is 88.3 cm³/mol. The number of carbonyl (C=O) groups is 1. The highest BCUT2D eigenvalue weighted by Crippen LogP contribution is 2.47. The minimum absolute atomic E-state index is 0.00620. The third-order valence-corrected chi connectivity index (χ3v) is 5.03. The summed E-state index contributed by atoms with van der Waals surface area (Å²) in [5.41, 5.74) is 2.33. The van der Waals surface area contributed by atoms with Gasteiger partial charge in [0.25, 0.3) is 0 Å². The van der Waals surface area contributed by atoms with Crippen LogP contribution in [0.15, 0.2) is 36.4 Å². The molecule has 1 fully saturated rings. The molecule has 2 atom stereocenters. The van der Waals surface area contributed by atoms with E-state index >= 15 is 0 Å². The Balaban J connectivity index is 1.75. The fraction of sp³-hybridized carbons (Fsp3) is 0.316. The predicted octanol–water partition coefficient (Wildman–Crippen LogP) is 3.29. The number of methoxy groups -OCH3 is 2. The molecule has 24 heavy (non-hydrogen) atoms. The first-order valence-corrected chi connectivity index (χ1v) is 7.94. The lowest BCUT2D eigenvalue weighted by Gasteiger charge is -2.21. The topological polar surface area (TPSA) is 38.8 Å². The third kappa shape index (κ3) is 2.15. The molecular weight excluding hydrogens is 309 g/mol. The number of ether oxygens (including phenoxy) is 2. The zero-order valence-corrected chi connectivity index (χ0v) is 13.6. The molecule has 4 nitrogen and oxygen atoms in total. The summed E-state index contributed by atoms with van der Waals surface area (Å²) in [4.78, 5) is 14.3. The summed E-state index contributed by atoms with van der Waals surface area (Å²) in [6, 6.07) is 10.6. The molecule has 0 aliphatic carbocycles. The van der Waals surface area contributed by atoms with E-state index in [1.54, 1.807) is 31.3 Å². The Morgan fingerprint density at radius 1 is 1.08 bits per heavy atom. The maximum atomic E-state index is 14.1. The number of anilines is 1. The number of amides is 1. The largest absolute Gasteiger partial charge is 0.497 e. The van der Waals surface area contributed by atoms with Crippen LogP contribution in [0.2, 0.25) is 0 Å². The highest BCUT2D eigenvalue weighted by Gasteiger charge is 2.46. The van der Waals surface area contributed by atoms with Crippen LogP contribution >= 0.6 is 0 Å². The van der Waals surface area contributed by atoms with Gasteiger partial charge in [0.15, 0.2) is 0 Å². The lowest BCUT2D eigenvalue weighted by Crippen LogP contribution is -2.31. The third-order valence-electron chi connectivity index (χ3n) is 5.03. The van der Waals surface area contributed by atoms with Crippen molar-refractivity contribution in [1.29, 1.82) is 0 Å². The van der Waals surface area contributed by atoms with Crippen molar-refractivity contribution in [1.82, 2.24) is 0 Å². The van der Waals surface area contributed by atoms with E-state index in [2.05, 4.69) is 0 Å². The summed E-state index contributed by atoms with van der Waals surface area (Å²) >= 11 is 0. The highest BCUT2D eigenvalue weighted by molar-refractivity contribution is 5.99. The number of fused-ring (bicyclic) bond motifs is 3. The number of nitrogens with zero attached hydrogens (tertiary/aromatic N) is 1. The lowest BCUT2D eigenvalue weighted by molar-refractivity contribution is -0.117. The van der Waals surface area contributed by atoms with Gasteiger partial charge < -0.3 is 14.4 Å². The molecule has 2 aromatic carbocycles. The molecule has 2 heterocycles. The van der Waals surface area contributed by atoms with E-state index in [9.17, 15) is 9.18 Å². The molecule has 0 aromatic heterocycles. The SMILES string of the molecule is COc1cc(OC)cc([C@@H]2CC(=O)N3c4cccc(F)c4C[C@H]23)c1. The summed E-state index contributed by atoms with van der Waals surface area (Å²) in [5, 5.41) is 0. The van der Waals surface area contributed by atoms with Crippen LogP contribution in [0.4, 0.5) is 10.1 Å². The summed E-state index contributed by atoms with van der Waals surface area (Å²) in [6.45, 7) is 0. The van der Waals surface area contributed by atoms with Gasteiger partial charge in [0.2, 0.25) is 5.91 Å². The monoisotopic (exact) mass is 327 g/mol. The standard InChI is InChI=1S/C19H18FNO3/c1-23-12-6-11(7-13(8-12)24-2)14-10-19(22)21-17-5-3-4-16(20)15(17)9-18(14)21/h3-8,14,18H,9-10H2,1-2H3/t14-,18+/m0/s1. The van der Waals surface area contributed by atoms with Crippen molar-refractivity contribution in [2.24, 2.45) is 0 Å². The molecule has 2 aliphatic heterocycles. The van der Waals surface area contributed by atoms with Crippen molar-refractivity contribution in [2.75, 3.05) is 19.1 Å². The molecule has 0 radical (unpaired) electrons. The van der Waals surface area contributed by atoms with Gasteiger partial charge in [-0.05, 0) is 36.2 Å². The summed E-state index contributed by atoms with van der Waals surface area (Å²) in [6.07, 6.45) is 0.953. The average molecular weight is 327 g/mol. The van der Waals surface area contributed by atoms with Gasteiger partial charge in [-0.2, -0.15) is 0 Å². The normalized spacial score (nSPS) is 21.6. The zero-order chi connectivity index (χ0) is 16.8. The van der Waals surface area contributed by atoms with Crippen LogP contribution in [0.5, 0.6) is 11.5 Å². The Bertz CT molecular complexity index is 798. The van der Waals surface area contributed by atoms with Crippen LogP contribution in [0, 0.1) is 5.82 Å². The molecule has 2 aliphatic rings. The molecule has 0 spiro atoms. The molecule has 0 N–H and O–H groups in total. The lowest BCUT2D eigenvalue weighted by atomic mass is 9.89. The molecule has 124 valence electrons. The molecule has 0 bridgehead atoms. The van der Waals surface area contributed by atoms with Crippen LogP contribution in [-0.2, 0) is 11.2 Å². The minimum Gasteiger partial charge on any atom is -0.497 e. The molecule has 4 rings (SSSR count). The van der Waals surface area contributed by atoms with Crippen molar-refractivity contribution >= 4 is 11.6 Å². The number of rotatable bonds is 3. The Labute approximate surface area is 139 Å².